The highest BCUT2D eigenvalue weighted by atomic mass is 16.6. The Kier molecular flexibility index (Phi) is 8.91. The highest BCUT2D eigenvalue weighted by molar-refractivity contribution is 5.75. The van der Waals surface area contributed by atoms with Crippen molar-refractivity contribution in [1.29, 1.82) is 0 Å². The van der Waals surface area contributed by atoms with Crippen LogP contribution in [0.15, 0.2) is 0 Å². The van der Waals surface area contributed by atoms with Crippen molar-refractivity contribution in [2.75, 3.05) is 26.8 Å². The maximum absolute atomic E-state index is 11.4. The largest absolute Gasteiger partial charge is 0.444 e. The summed E-state index contributed by atoms with van der Waals surface area (Å²) in [5.74, 6) is -0.405. The molecule has 2 amide bonds. The summed E-state index contributed by atoms with van der Waals surface area (Å²) in [5.41, 5.74) is 4.58. The lowest BCUT2D eigenvalue weighted by atomic mass is 10.1. The van der Waals surface area contributed by atoms with Gasteiger partial charge in [-0.05, 0) is 33.6 Å². The highest BCUT2D eigenvalue weighted by Gasteiger charge is 2.15. The Morgan fingerprint density at radius 1 is 1.30 bits per heavy atom. The van der Waals surface area contributed by atoms with E-state index in [4.69, 9.17) is 15.2 Å². The zero-order valence-corrected chi connectivity index (χ0v) is 12.8. The molecule has 0 saturated heterocycles. The van der Waals surface area contributed by atoms with Gasteiger partial charge in [-0.15, -0.1) is 0 Å². The van der Waals surface area contributed by atoms with Crippen LogP contribution in [0.5, 0.6) is 0 Å². The minimum Gasteiger partial charge on any atom is -0.444 e. The number of ether oxygens (including phenoxy) is 2. The van der Waals surface area contributed by atoms with Crippen molar-refractivity contribution in [2.24, 2.45) is 5.73 Å². The van der Waals surface area contributed by atoms with Gasteiger partial charge in [-0.25, -0.2) is 4.79 Å². The molecular weight excluding hydrogens is 262 g/mol. The van der Waals surface area contributed by atoms with Crippen molar-refractivity contribution in [2.45, 2.75) is 45.3 Å². The second-order valence-corrected chi connectivity index (χ2v) is 5.57. The fourth-order valence-corrected chi connectivity index (χ4v) is 1.54. The number of carbonyl (C=O) groups excluding carboxylic acids is 2. The molecule has 0 rings (SSSR count). The minimum absolute atomic E-state index is 0.0351. The van der Waals surface area contributed by atoms with Crippen LogP contribution in [0.3, 0.4) is 0 Å². The van der Waals surface area contributed by atoms with E-state index in [2.05, 4.69) is 10.6 Å². The van der Waals surface area contributed by atoms with Crippen molar-refractivity contribution in [3.05, 3.63) is 0 Å². The molecule has 0 aliphatic heterocycles. The molecule has 118 valence electrons. The van der Waals surface area contributed by atoms with Gasteiger partial charge in [0.25, 0.3) is 0 Å². The molecule has 0 aromatic carbocycles. The van der Waals surface area contributed by atoms with Crippen LogP contribution in [0.4, 0.5) is 4.79 Å². The average Bonchev–Trinajstić information content (AvgIpc) is 2.28. The first kappa shape index (κ1) is 18.7. The van der Waals surface area contributed by atoms with Crippen molar-refractivity contribution < 1.29 is 19.1 Å². The Labute approximate surface area is 120 Å². The second kappa shape index (κ2) is 9.55. The van der Waals surface area contributed by atoms with Crippen LogP contribution < -0.4 is 16.4 Å². The molecule has 0 spiro atoms. The lowest BCUT2D eigenvalue weighted by Crippen LogP contribution is -2.40. The molecule has 0 aliphatic carbocycles. The van der Waals surface area contributed by atoms with E-state index in [1.807, 2.05) is 20.8 Å². The van der Waals surface area contributed by atoms with Crippen molar-refractivity contribution >= 4 is 12.0 Å². The Balaban J connectivity index is 3.82. The number of carbonyl (C=O) groups is 2. The van der Waals surface area contributed by atoms with Crippen LogP contribution in [0.2, 0.25) is 0 Å². The number of hydrogen-bond donors (Lipinski definition) is 3. The van der Waals surface area contributed by atoms with Gasteiger partial charge in [0.1, 0.15) is 5.60 Å². The van der Waals surface area contributed by atoms with Gasteiger partial charge in [0.05, 0.1) is 13.2 Å². The van der Waals surface area contributed by atoms with Crippen LogP contribution in [-0.2, 0) is 14.3 Å². The number of primary amides is 1. The molecule has 20 heavy (non-hydrogen) atoms. The standard InChI is InChI=1S/C13H27N3O4/c1-13(2,3)20-12(18)15-7-5-6-10(9-19-4)16-8-11(14)17/h10,16H,5-9H2,1-4H3,(H2,14,17)(H,15,18). The highest BCUT2D eigenvalue weighted by Crippen LogP contribution is 2.06. The van der Waals surface area contributed by atoms with E-state index in [-0.39, 0.29) is 12.6 Å². The lowest BCUT2D eigenvalue weighted by Gasteiger charge is -2.20. The number of nitrogens with two attached hydrogens (primary N) is 1. The zero-order valence-electron chi connectivity index (χ0n) is 12.8. The molecule has 0 aromatic rings. The summed E-state index contributed by atoms with van der Waals surface area (Å²) in [6.07, 6.45) is 1.08. The maximum atomic E-state index is 11.4. The summed E-state index contributed by atoms with van der Waals surface area (Å²) in [7, 11) is 1.60. The van der Waals surface area contributed by atoms with Gasteiger partial charge < -0.3 is 25.8 Å². The van der Waals surface area contributed by atoms with Gasteiger partial charge >= 0.3 is 6.09 Å². The Morgan fingerprint density at radius 3 is 2.45 bits per heavy atom. The Morgan fingerprint density at radius 2 is 1.95 bits per heavy atom. The number of methoxy groups -OCH3 is 1. The van der Waals surface area contributed by atoms with Gasteiger partial charge in [-0.2, -0.15) is 0 Å². The summed E-state index contributed by atoms with van der Waals surface area (Å²) in [6, 6.07) is 0.0351. The predicted octanol–water partition coefficient (Wildman–Crippen LogP) is 0.381. The molecule has 1 atom stereocenters. The molecule has 0 saturated carbocycles. The van der Waals surface area contributed by atoms with Crippen LogP contribution in [0.1, 0.15) is 33.6 Å². The molecule has 1 unspecified atom stereocenters. The normalized spacial score (nSPS) is 12.8. The lowest BCUT2D eigenvalue weighted by molar-refractivity contribution is -0.117. The Bertz CT molecular complexity index is 302. The van der Waals surface area contributed by atoms with Gasteiger partial charge in [0, 0.05) is 19.7 Å². The van der Waals surface area contributed by atoms with Crippen LogP contribution in [0.25, 0.3) is 0 Å². The number of alkyl carbamates (subject to hydrolysis) is 1. The van der Waals surface area contributed by atoms with Gasteiger partial charge in [0.15, 0.2) is 0 Å². The van der Waals surface area contributed by atoms with Crippen LogP contribution in [-0.4, -0.2) is 50.4 Å². The third-order valence-electron chi connectivity index (χ3n) is 2.33. The molecule has 0 radical (unpaired) electrons. The number of rotatable bonds is 9. The van der Waals surface area contributed by atoms with E-state index in [0.717, 1.165) is 12.8 Å². The van der Waals surface area contributed by atoms with E-state index in [1.54, 1.807) is 7.11 Å². The molecule has 0 aliphatic rings. The Hall–Kier alpha value is -1.34. The van der Waals surface area contributed by atoms with Crippen LogP contribution in [0, 0.1) is 0 Å². The van der Waals surface area contributed by atoms with Gasteiger partial charge in [0.2, 0.25) is 5.91 Å². The zero-order chi connectivity index (χ0) is 15.6. The second-order valence-electron chi connectivity index (χ2n) is 5.57. The quantitative estimate of drug-likeness (QED) is 0.533. The first-order chi connectivity index (χ1) is 9.24. The summed E-state index contributed by atoms with van der Waals surface area (Å²) in [6.45, 7) is 6.56. The first-order valence-corrected chi connectivity index (χ1v) is 6.72. The number of amides is 2. The summed E-state index contributed by atoms with van der Waals surface area (Å²) < 4.78 is 10.2. The molecule has 0 heterocycles. The van der Waals surface area contributed by atoms with Crippen molar-refractivity contribution in [1.82, 2.24) is 10.6 Å². The topological polar surface area (TPSA) is 103 Å². The molecular formula is C13H27N3O4. The fraction of sp³-hybridized carbons (Fsp3) is 0.846. The predicted molar refractivity (Wildman–Crippen MR) is 76.3 cm³/mol. The van der Waals surface area contributed by atoms with Crippen LogP contribution >= 0.6 is 0 Å². The molecule has 7 heteroatoms. The summed E-state index contributed by atoms with van der Waals surface area (Å²) in [4.78, 5) is 22.1. The molecule has 0 bridgehead atoms. The molecule has 0 aromatic heterocycles. The van der Waals surface area contributed by atoms with E-state index in [0.29, 0.717) is 13.2 Å². The molecule has 4 N–H and O–H groups in total. The van der Waals surface area contributed by atoms with Gasteiger partial charge in [-0.1, -0.05) is 0 Å². The number of hydrogen-bond acceptors (Lipinski definition) is 5. The fourth-order valence-electron chi connectivity index (χ4n) is 1.54. The van der Waals surface area contributed by atoms with E-state index >= 15 is 0 Å². The summed E-state index contributed by atoms with van der Waals surface area (Å²) >= 11 is 0. The van der Waals surface area contributed by atoms with E-state index < -0.39 is 17.6 Å². The third kappa shape index (κ3) is 11.7. The smallest absolute Gasteiger partial charge is 0.407 e. The van der Waals surface area contributed by atoms with E-state index in [1.165, 1.54) is 0 Å². The number of nitrogens with one attached hydrogen (secondary N) is 2. The minimum atomic E-state index is -0.494. The first-order valence-electron chi connectivity index (χ1n) is 6.72. The monoisotopic (exact) mass is 289 g/mol. The third-order valence-corrected chi connectivity index (χ3v) is 2.33. The molecule has 7 nitrogen and oxygen atoms in total. The van der Waals surface area contributed by atoms with Crippen molar-refractivity contribution in [3.63, 3.8) is 0 Å². The van der Waals surface area contributed by atoms with Crippen molar-refractivity contribution in [3.8, 4) is 0 Å². The SMILES string of the molecule is COCC(CCCNC(=O)OC(C)(C)C)NCC(N)=O. The van der Waals surface area contributed by atoms with Gasteiger partial charge in [-0.3, -0.25) is 4.79 Å². The summed E-state index contributed by atoms with van der Waals surface area (Å²) in [5, 5.41) is 5.68. The van der Waals surface area contributed by atoms with E-state index in [9.17, 15) is 9.59 Å². The molecule has 0 fully saturated rings. The average molecular weight is 289 g/mol. The maximum Gasteiger partial charge on any atom is 0.407 e.